The van der Waals surface area contributed by atoms with Crippen LogP contribution in [0.5, 0.6) is 0 Å². The summed E-state index contributed by atoms with van der Waals surface area (Å²) in [6.45, 7) is 9.11. The zero-order chi connectivity index (χ0) is 23.1. The number of aromatic nitrogens is 3. The maximum atomic E-state index is 11.9. The molecule has 0 amide bonds. The van der Waals surface area contributed by atoms with Gasteiger partial charge in [0.1, 0.15) is 12.7 Å². The van der Waals surface area contributed by atoms with Crippen LogP contribution in [0.25, 0.3) is 5.82 Å². The first-order valence-electron chi connectivity index (χ1n) is 11.1. The highest BCUT2D eigenvalue weighted by Gasteiger charge is 2.30. The Morgan fingerprint density at radius 1 is 1.27 bits per heavy atom. The number of benzene rings is 1. The van der Waals surface area contributed by atoms with E-state index < -0.39 is 0 Å². The van der Waals surface area contributed by atoms with Crippen molar-refractivity contribution in [2.24, 2.45) is 0 Å². The van der Waals surface area contributed by atoms with Crippen LogP contribution in [-0.4, -0.2) is 44.8 Å². The zero-order valence-corrected chi connectivity index (χ0v) is 19.0. The van der Waals surface area contributed by atoms with Crippen LogP contribution in [0.15, 0.2) is 36.8 Å². The molecule has 0 radical (unpaired) electrons. The van der Waals surface area contributed by atoms with Gasteiger partial charge in [-0.2, -0.15) is 10.4 Å². The fraction of sp³-hybridized carbons (Fsp3) is 0.360. The van der Waals surface area contributed by atoms with E-state index in [-0.39, 0.29) is 12.0 Å². The molecular formula is C25H26N6O2. The number of aryl methyl sites for hydroxylation is 1. The van der Waals surface area contributed by atoms with Crippen LogP contribution in [0.4, 0.5) is 0 Å². The molecule has 2 aromatic heterocycles. The van der Waals surface area contributed by atoms with Gasteiger partial charge in [-0.25, -0.2) is 14.5 Å². The highest BCUT2D eigenvalue weighted by Crippen LogP contribution is 2.31. The Morgan fingerprint density at radius 2 is 2.12 bits per heavy atom. The van der Waals surface area contributed by atoms with Crippen molar-refractivity contribution in [1.82, 2.24) is 25.0 Å². The molecule has 8 nitrogen and oxygen atoms in total. The van der Waals surface area contributed by atoms with Crippen LogP contribution in [0.1, 0.15) is 56.7 Å². The molecule has 0 spiro atoms. The summed E-state index contributed by atoms with van der Waals surface area (Å²) in [6.07, 6.45) is 5.46. The number of hydrogen-bond donors (Lipinski definition) is 1. The molecule has 2 aliphatic rings. The van der Waals surface area contributed by atoms with Gasteiger partial charge in [0.2, 0.25) is 0 Å². The fourth-order valence-corrected chi connectivity index (χ4v) is 4.84. The monoisotopic (exact) mass is 442 g/mol. The molecule has 1 fully saturated rings. The van der Waals surface area contributed by atoms with E-state index in [4.69, 9.17) is 10.00 Å². The van der Waals surface area contributed by atoms with Crippen molar-refractivity contribution in [2.75, 3.05) is 13.1 Å². The molecule has 1 aromatic carbocycles. The Balaban J connectivity index is 1.33. The third-order valence-corrected chi connectivity index (χ3v) is 6.54. The minimum atomic E-state index is -0.227. The Bertz CT molecular complexity index is 1270. The molecular weight excluding hydrogens is 416 g/mol. The van der Waals surface area contributed by atoms with Crippen molar-refractivity contribution in [3.8, 4) is 11.9 Å². The molecule has 0 bridgehead atoms. The first-order chi connectivity index (χ1) is 15.9. The van der Waals surface area contributed by atoms with E-state index in [1.807, 2.05) is 31.5 Å². The maximum absolute atomic E-state index is 11.9. The first-order valence-corrected chi connectivity index (χ1v) is 11.1. The predicted octanol–water partition coefficient (Wildman–Crippen LogP) is 2.96. The number of pyridine rings is 1. The summed E-state index contributed by atoms with van der Waals surface area (Å²) in [5.41, 5.74) is 6.62. The smallest absolute Gasteiger partial charge is 0.338 e. The second-order valence-electron chi connectivity index (χ2n) is 8.96. The van der Waals surface area contributed by atoms with E-state index in [0.29, 0.717) is 29.6 Å². The number of ether oxygens (including phenoxy) is 1. The SMILES string of the molecule is Cc1cc(-n2cc(CN3C[C@@H](c4ccc5c(c4C)COC5=O)N[C@@H](C)C3)cn2)ncc1C#N. The van der Waals surface area contributed by atoms with Crippen LogP contribution in [0.2, 0.25) is 0 Å². The number of carbonyl (C=O) groups excluding carboxylic acids is 1. The van der Waals surface area contributed by atoms with Crippen molar-refractivity contribution in [3.05, 3.63) is 75.7 Å². The van der Waals surface area contributed by atoms with Crippen LogP contribution in [0.3, 0.4) is 0 Å². The number of hydrogen-bond acceptors (Lipinski definition) is 7. The molecule has 0 saturated carbocycles. The number of nitrogens with one attached hydrogen (secondary N) is 1. The Morgan fingerprint density at radius 3 is 2.91 bits per heavy atom. The lowest BCUT2D eigenvalue weighted by molar-refractivity contribution is 0.0535. The van der Waals surface area contributed by atoms with E-state index in [1.54, 1.807) is 10.9 Å². The molecule has 5 rings (SSSR count). The molecule has 0 aliphatic carbocycles. The van der Waals surface area contributed by atoms with E-state index in [0.717, 1.165) is 41.9 Å². The van der Waals surface area contributed by atoms with Gasteiger partial charge in [-0.1, -0.05) is 6.07 Å². The average molecular weight is 443 g/mol. The Labute approximate surface area is 192 Å². The second-order valence-corrected chi connectivity index (χ2v) is 8.96. The van der Waals surface area contributed by atoms with Crippen molar-refractivity contribution in [3.63, 3.8) is 0 Å². The van der Waals surface area contributed by atoms with Crippen LogP contribution in [0, 0.1) is 25.2 Å². The highest BCUT2D eigenvalue weighted by atomic mass is 16.5. The summed E-state index contributed by atoms with van der Waals surface area (Å²) in [5.74, 6) is 0.477. The van der Waals surface area contributed by atoms with E-state index >= 15 is 0 Å². The fourth-order valence-electron chi connectivity index (χ4n) is 4.84. The quantitative estimate of drug-likeness (QED) is 0.621. The van der Waals surface area contributed by atoms with Gasteiger partial charge >= 0.3 is 5.97 Å². The molecule has 2 atom stereocenters. The molecule has 4 heterocycles. The lowest BCUT2D eigenvalue weighted by atomic mass is 9.92. The normalized spacial score (nSPS) is 20.4. The van der Waals surface area contributed by atoms with Crippen LogP contribution in [-0.2, 0) is 17.9 Å². The summed E-state index contributed by atoms with van der Waals surface area (Å²) >= 11 is 0. The minimum absolute atomic E-state index is 0.174. The number of cyclic esters (lactones) is 1. The van der Waals surface area contributed by atoms with Crippen LogP contribution >= 0.6 is 0 Å². The summed E-state index contributed by atoms with van der Waals surface area (Å²) in [7, 11) is 0. The summed E-state index contributed by atoms with van der Waals surface area (Å²) in [6, 6.07) is 8.48. The van der Waals surface area contributed by atoms with Gasteiger partial charge in [-0.15, -0.1) is 0 Å². The second kappa shape index (κ2) is 8.43. The number of nitrogens with zero attached hydrogens (tertiary/aromatic N) is 5. The average Bonchev–Trinajstić information content (AvgIpc) is 3.41. The molecule has 3 aromatic rings. The van der Waals surface area contributed by atoms with Gasteiger partial charge in [0.25, 0.3) is 0 Å². The van der Waals surface area contributed by atoms with Gasteiger partial charge < -0.3 is 10.1 Å². The third-order valence-electron chi connectivity index (χ3n) is 6.54. The topological polar surface area (TPSA) is 96.1 Å². The first kappa shape index (κ1) is 21.3. The lowest BCUT2D eigenvalue weighted by Crippen LogP contribution is -2.50. The molecule has 8 heteroatoms. The molecule has 2 aliphatic heterocycles. The minimum Gasteiger partial charge on any atom is -0.457 e. The highest BCUT2D eigenvalue weighted by molar-refractivity contribution is 5.94. The number of carbonyl (C=O) groups is 1. The van der Waals surface area contributed by atoms with Gasteiger partial charge in [0.05, 0.1) is 17.3 Å². The standard InChI is InChI=1S/C25H26N6O2/c1-15-6-24(27-9-19(15)7-26)31-12-18(8-28-31)11-30-10-16(2)29-23(13-30)20-4-5-21-22(17(20)3)14-33-25(21)32/h4-6,8-9,12,16,23,29H,10-11,13-14H2,1-3H3/t16-,23-/m0/s1. The number of nitriles is 1. The summed E-state index contributed by atoms with van der Waals surface area (Å²) in [4.78, 5) is 18.7. The van der Waals surface area contributed by atoms with Gasteiger partial charge in [0, 0.05) is 55.2 Å². The van der Waals surface area contributed by atoms with Crippen molar-refractivity contribution in [2.45, 2.75) is 46.0 Å². The zero-order valence-electron chi connectivity index (χ0n) is 19.0. The van der Waals surface area contributed by atoms with E-state index in [2.05, 4.69) is 46.3 Å². The molecule has 0 unspecified atom stereocenters. The van der Waals surface area contributed by atoms with E-state index in [9.17, 15) is 4.79 Å². The van der Waals surface area contributed by atoms with Gasteiger partial charge in [0.15, 0.2) is 5.82 Å². The lowest BCUT2D eigenvalue weighted by Gasteiger charge is -2.38. The number of fused-ring (bicyclic) bond motifs is 1. The van der Waals surface area contributed by atoms with Crippen molar-refractivity contribution in [1.29, 1.82) is 5.26 Å². The molecule has 33 heavy (non-hydrogen) atoms. The van der Waals surface area contributed by atoms with Crippen LogP contribution < -0.4 is 5.32 Å². The molecule has 1 N–H and O–H groups in total. The van der Waals surface area contributed by atoms with Crippen molar-refractivity contribution >= 4 is 5.97 Å². The van der Waals surface area contributed by atoms with E-state index in [1.165, 1.54) is 5.56 Å². The maximum Gasteiger partial charge on any atom is 0.338 e. The summed E-state index contributed by atoms with van der Waals surface area (Å²) < 4.78 is 6.98. The third kappa shape index (κ3) is 4.01. The Hall–Kier alpha value is -3.54. The summed E-state index contributed by atoms with van der Waals surface area (Å²) in [5, 5.41) is 17.3. The van der Waals surface area contributed by atoms with Gasteiger partial charge in [-0.3, -0.25) is 4.90 Å². The molecule has 1 saturated heterocycles. The van der Waals surface area contributed by atoms with Crippen molar-refractivity contribution < 1.29 is 9.53 Å². The largest absolute Gasteiger partial charge is 0.457 e. The predicted molar refractivity (Wildman–Crippen MR) is 122 cm³/mol. The Kier molecular flexibility index (Phi) is 5.44. The van der Waals surface area contributed by atoms with Gasteiger partial charge in [-0.05, 0) is 49.6 Å². The number of rotatable bonds is 4. The molecule has 168 valence electrons. The number of esters is 1. The number of piperazine rings is 1.